The van der Waals surface area contributed by atoms with Crippen LogP contribution in [0, 0.1) is 11.3 Å². The minimum Gasteiger partial charge on any atom is -0.493 e. The number of hydrogen-bond donors (Lipinski definition) is 1. The number of nitrogens with one attached hydrogen (secondary N) is 1. The maximum atomic E-state index is 14.0. The van der Waals surface area contributed by atoms with E-state index in [2.05, 4.69) is 20.6 Å². The Morgan fingerprint density at radius 2 is 1.97 bits per heavy atom. The molecule has 1 aliphatic heterocycles. The number of ether oxygens (including phenoxy) is 2. The summed E-state index contributed by atoms with van der Waals surface area (Å²) in [4.78, 5) is 20.8. The summed E-state index contributed by atoms with van der Waals surface area (Å²) in [6.45, 7) is 3.20. The van der Waals surface area contributed by atoms with Gasteiger partial charge in [-0.25, -0.2) is 0 Å². The molecule has 1 fully saturated rings. The lowest BCUT2D eigenvalue weighted by Crippen LogP contribution is -2.22. The molecule has 198 valence electrons. The topological polar surface area (TPSA) is 127 Å². The van der Waals surface area contributed by atoms with Gasteiger partial charge in [0, 0.05) is 53.7 Å². The number of hydrogen-bond acceptors (Lipinski definition) is 7. The van der Waals surface area contributed by atoms with Gasteiger partial charge in [0.25, 0.3) is 0 Å². The highest BCUT2D eigenvalue weighted by Crippen LogP contribution is 2.38. The lowest BCUT2D eigenvalue weighted by atomic mass is 10.00. The van der Waals surface area contributed by atoms with E-state index < -0.39 is 15.1 Å². The number of H-pyrrole nitrogens is 1. The van der Waals surface area contributed by atoms with E-state index in [1.54, 1.807) is 37.3 Å². The van der Waals surface area contributed by atoms with E-state index in [4.69, 9.17) is 9.47 Å². The fourth-order valence-electron chi connectivity index (χ4n) is 5.39. The molecule has 5 aromatic rings. The molecular formula is C28H23FN4O5S. The first-order chi connectivity index (χ1) is 18.8. The molecule has 1 aliphatic rings. The van der Waals surface area contributed by atoms with Crippen molar-refractivity contribution < 1.29 is 21.8 Å². The quantitative estimate of drug-likeness (QED) is 0.308. The first-order valence-electron chi connectivity index (χ1n) is 12.5. The Hall–Kier alpha value is -4.27. The number of fused-ring (bicyclic) bond motifs is 4. The summed E-state index contributed by atoms with van der Waals surface area (Å²) in [5.41, 5.74) is 2.99. The fourth-order valence-corrected chi connectivity index (χ4v) is 5.85. The average Bonchev–Trinajstić information content (AvgIpc) is 3.32. The van der Waals surface area contributed by atoms with Gasteiger partial charge in [-0.1, -0.05) is 6.07 Å². The largest absolute Gasteiger partial charge is 0.493 e. The van der Waals surface area contributed by atoms with Crippen molar-refractivity contribution in [3.05, 3.63) is 64.6 Å². The Balaban J connectivity index is 1.74. The molecule has 0 bridgehead atoms. The van der Waals surface area contributed by atoms with Crippen LogP contribution in [0.3, 0.4) is 0 Å². The van der Waals surface area contributed by atoms with Crippen LogP contribution in [0.25, 0.3) is 44.0 Å². The predicted molar refractivity (Wildman–Crippen MR) is 144 cm³/mol. The van der Waals surface area contributed by atoms with Crippen LogP contribution in [0.2, 0.25) is 0 Å². The minimum absolute atomic E-state index is 0.00526. The van der Waals surface area contributed by atoms with Gasteiger partial charge in [0.2, 0.25) is 0 Å². The van der Waals surface area contributed by atoms with Gasteiger partial charge < -0.3 is 19.0 Å². The molecular weight excluding hydrogens is 523 g/mol. The van der Waals surface area contributed by atoms with Crippen LogP contribution in [0.4, 0.5) is 3.89 Å². The van der Waals surface area contributed by atoms with Gasteiger partial charge in [0.05, 0.1) is 34.5 Å². The molecule has 0 radical (unpaired) electrons. The summed E-state index contributed by atoms with van der Waals surface area (Å²) in [5.74, 6) is 0.349. The van der Waals surface area contributed by atoms with E-state index in [-0.39, 0.29) is 18.1 Å². The lowest BCUT2D eigenvalue weighted by Gasteiger charge is -2.28. The van der Waals surface area contributed by atoms with Crippen molar-refractivity contribution >= 4 is 43.1 Å². The second-order valence-electron chi connectivity index (χ2n) is 9.41. The van der Waals surface area contributed by atoms with Crippen molar-refractivity contribution in [3.63, 3.8) is 0 Å². The van der Waals surface area contributed by atoms with Gasteiger partial charge in [0.15, 0.2) is 5.43 Å². The Morgan fingerprint density at radius 1 is 1.18 bits per heavy atom. The second kappa shape index (κ2) is 9.48. The summed E-state index contributed by atoms with van der Waals surface area (Å²) < 4.78 is 50.6. The van der Waals surface area contributed by atoms with Gasteiger partial charge in [-0.05, 0) is 50.1 Å². The molecule has 0 amide bonds. The molecule has 2 aromatic carbocycles. The van der Waals surface area contributed by atoms with Gasteiger partial charge in [-0.2, -0.15) is 13.7 Å². The van der Waals surface area contributed by atoms with E-state index in [1.807, 2.05) is 0 Å². The molecule has 6 rings (SSSR count). The zero-order valence-corrected chi connectivity index (χ0v) is 21.7. The summed E-state index contributed by atoms with van der Waals surface area (Å²) in [7, 11) is -4.98. The monoisotopic (exact) mass is 546 g/mol. The Bertz CT molecular complexity index is 1990. The SMILES string of the molecule is CCOc1cc2c(=O)c3c4ccc(C#N)cc4[nH]c3n(C3CCOCC3)c2cc1-c1cncc(S(=O)(=O)F)c1. The van der Waals surface area contributed by atoms with Crippen LogP contribution in [0.15, 0.2) is 58.5 Å². The first kappa shape index (κ1) is 25.0. The van der Waals surface area contributed by atoms with Crippen molar-refractivity contribution in [2.75, 3.05) is 19.8 Å². The number of halogens is 1. The van der Waals surface area contributed by atoms with Gasteiger partial charge in [-0.3, -0.25) is 9.78 Å². The van der Waals surface area contributed by atoms with Crippen LogP contribution in [-0.2, 0) is 15.0 Å². The van der Waals surface area contributed by atoms with E-state index in [9.17, 15) is 22.4 Å². The number of pyridine rings is 2. The van der Waals surface area contributed by atoms with Crippen molar-refractivity contribution in [2.24, 2.45) is 0 Å². The molecule has 0 unspecified atom stereocenters. The number of aromatic amines is 1. The number of nitriles is 1. The molecule has 0 atom stereocenters. The van der Waals surface area contributed by atoms with Gasteiger partial charge in [-0.15, -0.1) is 3.89 Å². The second-order valence-corrected chi connectivity index (χ2v) is 10.8. The lowest BCUT2D eigenvalue weighted by molar-refractivity contribution is 0.0715. The normalized spacial score (nSPS) is 14.7. The van der Waals surface area contributed by atoms with Gasteiger partial charge >= 0.3 is 10.2 Å². The maximum absolute atomic E-state index is 14.0. The van der Waals surface area contributed by atoms with E-state index >= 15 is 0 Å². The van der Waals surface area contributed by atoms with E-state index in [1.165, 1.54) is 12.3 Å². The molecule has 0 saturated carbocycles. The molecule has 1 saturated heterocycles. The molecule has 4 heterocycles. The Kier molecular flexibility index (Phi) is 6.09. The minimum atomic E-state index is -4.98. The summed E-state index contributed by atoms with van der Waals surface area (Å²) >= 11 is 0. The smallest absolute Gasteiger partial charge is 0.333 e. The zero-order chi connectivity index (χ0) is 27.3. The summed E-state index contributed by atoms with van der Waals surface area (Å²) in [6.07, 6.45) is 3.80. The third kappa shape index (κ3) is 4.22. The van der Waals surface area contributed by atoms with Crippen molar-refractivity contribution in [1.29, 1.82) is 5.26 Å². The standard InChI is InChI=1S/C28H23FN4O5S/c1-2-38-25-12-22-24(11-21(25)17-10-19(15-31-14-17)39(29,35)36)33(18-5-7-37-8-6-18)28-26(27(22)34)20-4-3-16(13-30)9-23(20)32-28/h3-4,9-12,14-15,18,32H,2,5-8H2,1H3. The number of benzene rings is 2. The van der Waals surface area contributed by atoms with Crippen LogP contribution in [0.1, 0.15) is 31.4 Å². The maximum Gasteiger partial charge on any atom is 0.333 e. The predicted octanol–water partition coefficient (Wildman–Crippen LogP) is 4.98. The summed E-state index contributed by atoms with van der Waals surface area (Å²) in [6, 6.07) is 12.0. The van der Waals surface area contributed by atoms with Crippen LogP contribution in [-0.4, -0.2) is 42.8 Å². The number of nitrogens with zero attached hydrogens (tertiary/aromatic N) is 3. The average molecular weight is 547 g/mol. The van der Waals surface area contributed by atoms with Gasteiger partial charge in [0.1, 0.15) is 16.3 Å². The van der Waals surface area contributed by atoms with Crippen LogP contribution in [0.5, 0.6) is 5.75 Å². The highest BCUT2D eigenvalue weighted by atomic mass is 32.3. The van der Waals surface area contributed by atoms with Crippen molar-refractivity contribution in [3.8, 4) is 22.9 Å². The third-order valence-electron chi connectivity index (χ3n) is 7.14. The highest BCUT2D eigenvalue weighted by Gasteiger charge is 2.25. The van der Waals surface area contributed by atoms with Crippen molar-refractivity contribution in [1.82, 2.24) is 14.5 Å². The Labute approximate surface area is 222 Å². The molecule has 11 heteroatoms. The number of rotatable bonds is 5. The summed E-state index contributed by atoms with van der Waals surface area (Å²) in [5, 5.41) is 11.1. The zero-order valence-electron chi connectivity index (χ0n) is 20.9. The molecule has 0 aliphatic carbocycles. The van der Waals surface area contributed by atoms with E-state index in [0.717, 1.165) is 6.20 Å². The Morgan fingerprint density at radius 3 is 2.69 bits per heavy atom. The fraction of sp³-hybridized carbons (Fsp3) is 0.250. The van der Waals surface area contributed by atoms with Crippen LogP contribution >= 0.6 is 0 Å². The molecule has 39 heavy (non-hydrogen) atoms. The van der Waals surface area contributed by atoms with E-state index in [0.29, 0.717) is 81.3 Å². The molecule has 0 spiro atoms. The molecule has 1 N–H and O–H groups in total. The van der Waals surface area contributed by atoms with Crippen LogP contribution < -0.4 is 10.2 Å². The molecule has 9 nitrogen and oxygen atoms in total. The molecule has 3 aromatic heterocycles. The third-order valence-corrected chi connectivity index (χ3v) is 7.93. The van der Waals surface area contributed by atoms with Crippen molar-refractivity contribution in [2.45, 2.75) is 30.7 Å². The highest BCUT2D eigenvalue weighted by molar-refractivity contribution is 7.86. The number of aromatic nitrogens is 3. The first-order valence-corrected chi connectivity index (χ1v) is 13.9.